The van der Waals surface area contributed by atoms with Gasteiger partial charge in [0.25, 0.3) is 0 Å². The molecule has 2 aromatic carbocycles. The second-order valence-corrected chi connectivity index (χ2v) is 9.15. The van der Waals surface area contributed by atoms with E-state index in [1.54, 1.807) is 21.5 Å². The molecule has 0 aliphatic rings. The number of rotatable bonds is 8. The van der Waals surface area contributed by atoms with Crippen molar-refractivity contribution in [3.63, 3.8) is 0 Å². The molecule has 0 saturated heterocycles. The Hall–Kier alpha value is -4.18. The second-order valence-electron chi connectivity index (χ2n) is 9.15. The molecule has 0 radical (unpaired) electrons. The zero-order valence-electron chi connectivity index (χ0n) is 21.0. The topological polar surface area (TPSA) is 80.3 Å². The predicted octanol–water partition coefficient (Wildman–Crippen LogP) is 6.07. The number of aryl methyl sites for hydroxylation is 1. The Bertz CT molecular complexity index is 1570. The van der Waals surface area contributed by atoms with Gasteiger partial charge in [-0.05, 0) is 68.1 Å². The molecular formula is C28H27F3N6O. The molecule has 7 nitrogen and oxygen atoms in total. The first kappa shape index (κ1) is 25.5. The van der Waals surface area contributed by atoms with Crippen molar-refractivity contribution < 1.29 is 18.3 Å². The van der Waals surface area contributed by atoms with Gasteiger partial charge in [0, 0.05) is 30.5 Å². The van der Waals surface area contributed by atoms with Crippen LogP contribution in [0.5, 0.6) is 0 Å². The van der Waals surface area contributed by atoms with Crippen LogP contribution in [0.4, 0.5) is 19.1 Å². The Morgan fingerprint density at radius 3 is 2.53 bits per heavy atom. The molecule has 2 N–H and O–H groups in total. The van der Waals surface area contributed by atoms with E-state index in [-0.39, 0.29) is 6.61 Å². The molecule has 5 rings (SSSR count). The van der Waals surface area contributed by atoms with Crippen molar-refractivity contribution in [3.8, 4) is 28.1 Å². The van der Waals surface area contributed by atoms with Crippen LogP contribution in [0.25, 0.3) is 33.7 Å². The highest BCUT2D eigenvalue weighted by molar-refractivity contribution is 5.86. The minimum Gasteiger partial charge on any atom is -0.396 e. The van der Waals surface area contributed by atoms with Gasteiger partial charge in [0.15, 0.2) is 5.65 Å². The fourth-order valence-electron chi connectivity index (χ4n) is 4.47. The number of aromatic nitrogens is 5. The van der Waals surface area contributed by atoms with E-state index in [9.17, 15) is 13.2 Å². The van der Waals surface area contributed by atoms with Crippen LogP contribution in [0.2, 0.25) is 0 Å². The number of nitrogens with one attached hydrogen (secondary N) is 1. The van der Waals surface area contributed by atoms with Gasteiger partial charge < -0.3 is 10.4 Å². The van der Waals surface area contributed by atoms with Gasteiger partial charge in [-0.1, -0.05) is 29.8 Å². The lowest BCUT2D eigenvalue weighted by Crippen LogP contribution is -2.06. The Labute approximate surface area is 217 Å². The van der Waals surface area contributed by atoms with E-state index in [1.165, 1.54) is 6.07 Å². The molecule has 0 fully saturated rings. The van der Waals surface area contributed by atoms with Crippen molar-refractivity contribution in [3.05, 3.63) is 83.7 Å². The van der Waals surface area contributed by atoms with Crippen LogP contribution >= 0.6 is 0 Å². The first-order chi connectivity index (χ1) is 18.3. The van der Waals surface area contributed by atoms with Crippen molar-refractivity contribution >= 4 is 11.6 Å². The van der Waals surface area contributed by atoms with Crippen LogP contribution in [0, 0.1) is 13.8 Å². The van der Waals surface area contributed by atoms with Crippen LogP contribution in [0.1, 0.15) is 29.5 Å². The largest absolute Gasteiger partial charge is 0.416 e. The molecule has 3 aromatic heterocycles. The van der Waals surface area contributed by atoms with E-state index in [2.05, 4.69) is 20.5 Å². The molecule has 196 valence electrons. The molecule has 0 aliphatic carbocycles. The summed E-state index contributed by atoms with van der Waals surface area (Å²) < 4.78 is 44.2. The molecule has 0 amide bonds. The molecule has 3 heterocycles. The summed E-state index contributed by atoms with van der Waals surface area (Å²) in [6.45, 7) is 4.54. The van der Waals surface area contributed by atoms with Crippen LogP contribution in [0.3, 0.4) is 0 Å². The summed E-state index contributed by atoms with van der Waals surface area (Å²) in [6, 6.07) is 15.1. The first-order valence-corrected chi connectivity index (χ1v) is 12.3. The molecule has 0 aliphatic heterocycles. The van der Waals surface area contributed by atoms with E-state index in [0.29, 0.717) is 35.7 Å². The molecule has 0 bridgehead atoms. The average Bonchev–Trinajstić information content (AvgIpc) is 3.53. The van der Waals surface area contributed by atoms with Crippen molar-refractivity contribution in [2.45, 2.75) is 32.9 Å². The van der Waals surface area contributed by atoms with E-state index < -0.39 is 11.7 Å². The lowest BCUT2D eigenvalue weighted by Gasteiger charge is -2.16. The van der Waals surface area contributed by atoms with Gasteiger partial charge >= 0.3 is 6.18 Å². The monoisotopic (exact) mass is 520 g/mol. The van der Waals surface area contributed by atoms with Crippen molar-refractivity contribution in [1.82, 2.24) is 24.4 Å². The van der Waals surface area contributed by atoms with Gasteiger partial charge in [0.05, 0.1) is 23.1 Å². The van der Waals surface area contributed by atoms with Gasteiger partial charge in [-0.15, -0.1) is 5.10 Å². The fraction of sp³-hybridized carbons (Fsp3) is 0.250. The molecule has 5 aromatic rings. The predicted molar refractivity (Wildman–Crippen MR) is 140 cm³/mol. The number of aliphatic hydroxyl groups is 1. The number of halogens is 3. The summed E-state index contributed by atoms with van der Waals surface area (Å²) in [6.07, 6.45) is 0.414. The molecule has 0 saturated carbocycles. The van der Waals surface area contributed by atoms with Crippen molar-refractivity contribution in [2.24, 2.45) is 0 Å². The minimum absolute atomic E-state index is 0.0944. The van der Waals surface area contributed by atoms with E-state index in [0.717, 1.165) is 46.6 Å². The highest BCUT2D eigenvalue weighted by Gasteiger charge is 2.31. The Morgan fingerprint density at radius 1 is 1.00 bits per heavy atom. The number of aliphatic hydroxyl groups excluding tert-OH is 1. The second kappa shape index (κ2) is 10.3. The number of nitrogens with zero attached hydrogens (tertiary/aromatic N) is 5. The van der Waals surface area contributed by atoms with Gasteiger partial charge in [0.1, 0.15) is 0 Å². The number of benzene rings is 2. The molecule has 38 heavy (non-hydrogen) atoms. The third-order valence-electron chi connectivity index (χ3n) is 6.43. The summed E-state index contributed by atoms with van der Waals surface area (Å²) >= 11 is 0. The standard InChI is InChI=1S/C28H27F3N6O/c1-18-8-10-22(11-9-18)37-24(12-14-33-37)23-17-36-26(34-27(35-36)32-13-3-4-15-38)25(19(23)2)20-6-5-7-21(16-20)28(29,30)31/h5-12,14,16-17,38H,3-4,13,15H2,1-2H3,(H,32,35). The molecule has 10 heteroatoms. The highest BCUT2D eigenvalue weighted by Crippen LogP contribution is 2.38. The number of alkyl halides is 3. The Balaban J connectivity index is 1.70. The Kier molecular flexibility index (Phi) is 6.90. The van der Waals surface area contributed by atoms with Gasteiger partial charge in [-0.2, -0.15) is 23.3 Å². The SMILES string of the molecule is Cc1ccc(-n2nccc2-c2cn3nc(NCCCCO)nc3c(-c3cccc(C(F)(F)F)c3)c2C)cc1. The minimum atomic E-state index is -4.48. The lowest BCUT2D eigenvalue weighted by atomic mass is 9.95. The normalized spacial score (nSPS) is 11.8. The van der Waals surface area contributed by atoms with Crippen LogP contribution in [0.15, 0.2) is 67.0 Å². The zero-order valence-corrected chi connectivity index (χ0v) is 21.0. The van der Waals surface area contributed by atoms with E-state index in [1.807, 2.05) is 50.4 Å². The summed E-state index contributed by atoms with van der Waals surface area (Å²) in [5.41, 5.74) is 4.93. The van der Waals surface area contributed by atoms with Crippen molar-refractivity contribution in [1.29, 1.82) is 0 Å². The van der Waals surface area contributed by atoms with Gasteiger partial charge in [-0.25, -0.2) is 9.20 Å². The highest BCUT2D eigenvalue weighted by atomic mass is 19.4. The molecule has 0 spiro atoms. The van der Waals surface area contributed by atoms with Crippen LogP contribution in [-0.2, 0) is 6.18 Å². The molecule has 0 unspecified atom stereocenters. The maximum Gasteiger partial charge on any atom is 0.416 e. The molecular weight excluding hydrogens is 493 g/mol. The number of anilines is 1. The third-order valence-corrected chi connectivity index (χ3v) is 6.43. The van der Waals surface area contributed by atoms with E-state index >= 15 is 0 Å². The first-order valence-electron chi connectivity index (χ1n) is 12.3. The zero-order chi connectivity index (χ0) is 26.9. The van der Waals surface area contributed by atoms with E-state index in [4.69, 9.17) is 5.11 Å². The smallest absolute Gasteiger partial charge is 0.396 e. The Morgan fingerprint density at radius 2 is 1.79 bits per heavy atom. The van der Waals surface area contributed by atoms with Crippen LogP contribution < -0.4 is 5.32 Å². The summed E-state index contributed by atoms with van der Waals surface area (Å²) in [5.74, 6) is 0.361. The third kappa shape index (κ3) is 4.99. The van der Waals surface area contributed by atoms with Crippen LogP contribution in [-0.4, -0.2) is 42.6 Å². The number of hydrogen-bond donors (Lipinski definition) is 2. The fourth-order valence-corrected chi connectivity index (χ4v) is 4.47. The quantitative estimate of drug-likeness (QED) is 0.243. The van der Waals surface area contributed by atoms with Crippen molar-refractivity contribution in [2.75, 3.05) is 18.5 Å². The lowest BCUT2D eigenvalue weighted by molar-refractivity contribution is -0.137. The summed E-state index contributed by atoms with van der Waals surface area (Å²) in [4.78, 5) is 4.63. The number of unbranched alkanes of at least 4 members (excludes halogenated alkanes) is 1. The maximum atomic E-state index is 13.6. The summed E-state index contributed by atoms with van der Waals surface area (Å²) in [7, 11) is 0. The number of hydrogen-bond acceptors (Lipinski definition) is 5. The molecule has 0 atom stereocenters. The summed E-state index contributed by atoms with van der Waals surface area (Å²) in [5, 5.41) is 21.3. The number of fused-ring (bicyclic) bond motifs is 1. The number of pyridine rings is 1. The van der Waals surface area contributed by atoms with Gasteiger partial charge in [-0.3, -0.25) is 0 Å². The maximum absolute atomic E-state index is 13.6. The average molecular weight is 521 g/mol. The van der Waals surface area contributed by atoms with Gasteiger partial charge in [0.2, 0.25) is 5.95 Å².